The fraction of sp³-hybridized carbons (Fsp3) is 0.615. The first kappa shape index (κ1) is 66.6. The van der Waals surface area contributed by atoms with Gasteiger partial charge in [-0.2, -0.15) is 0 Å². The Morgan fingerprint density at radius 3 is 0.930 bits per heavy atom. The second kappa shape index (κ2) is 58.1. The van der Waals surface area contributed by atoms with E-state index in [1.54, 1.807) is 0 Å². The van der Waals surface area contributed by atoms with Crippen molar-refractivity contribution in [3.05, 3.63) is 134 Å². The lowest BCUT2D eigenvalue weighted by Crippen LogP contribution is -2.30. The third-order valence-electron chi connectivity index (χ3n) is 11.6. The standard InChI is InChI=1S/C65H104O6/c1-4-7-10-13-16-19-22-25-28-30-31-32-33-35-37-40-43-46-49-52-55-58-64(67)70-61-62(60-69-63(66)57-54-51-48-45-42-39-36-27-24-21-18-15-12-9-6-3)71-65(68)59-56-53-50-47-44-41-38-34-29-26-23-20-17-14-11-8-5-2/h8-9,11-12,17-18,20-22,25-27,29-31,36,38,41-42,45,47,50,62H,4-7,10,13-16,19,23-24,28,32-35,37,39-40,43-44,46,48-49,51-61H2,1-3H3/b11-8-,12-9-,20-17-,21-18-,25-22-,29-26-,31-30-,36-27-,41-38-,45-42-,50-47-. The number of hydrogen-bond acceptors (Lipinski definition) is 6. The van der Waals surface area contributed by atoms with Gasteiger partial charge in [-0.3, -0.25) is 14.4 Å². The van der Waals surface area contributed by atoms with Crippen molar-refractivity contribution >= 4 is 17.9 Å². The first-order valence-corrected chi connectivity index (χ1v) is 28.7. The van der Waals surface area contributed by atoms with Crippen LogP contribution in [0, 0.1) is 0 Å². The van der Waals surface area contributed by atoms with E-state index in [0.29, 0.717) is 19.3 Å². The summed E-state index contributed by atoms with van der Waals surface area (Å²) in [5.74, 6) is -1.03. The number of hydrogen-bond donors (Lipinski definition) is 0. The van der Waals surface area contributed by atoms with Crippen molar-refractivity contribution in [3.63, 3.8) is 0 Å². The fourth-order valence-electron chi connectivity index (χ4n) is 7.38. The third kappa shape index (κ3) is 56.3. The van der Waals surface area contributed by atoms with Crippen LogP contribution in [0.3, 0.4) is 0 Å². The Morgan fingerprint density at radius 2 is 0.563 bits per heavy atom. The van der Waals surface area contributed by atoms with E-state index in [1.165, 1.54) is 83.5 Å². The van der Waals surface area contributed by atoms with Gasteiger partial charge in [-0.1, -0.05) is 225 Å². The van der Waals surface area contributed by atoms with Crippen LogP contribution in [0.5, 0.6) is 0 Å². The van der Waals surface area contributed by atoms with Crippen molar-refractivity contribution in [2.45, 2.75) is 245 Å². The van der Waals surface area contributed by atoms with Gasteiger partial charge in [0.25, 0.3) is 0 Å². The highest BCUT2D eigenvalue weighted by Gasteiger charge is 2.19. The summed E-state index contributed by atoms with van der Waals surface area (Å²) < 4.78 is 16.8. The second-order valence-corrected chi connectivity index (χ2v) is 18.4. The predicted octanol–water partition coefficient (Wildman–Crippen LogP) is 19.4. The molecular weight excluding hydrogens is 877 g/mol. The van der Waals surface area contributed by atoms with Gasteiger partial charge in [0.05, 0.1) is 0 Å². The minimum absolute atomic E-state index is 0.120. The zero-order valence-corrected chi connectivity index (χ0v) is 45.7. The average Bonchev–Trinajstić information content (AvgIpc) is 3.37. The van der Waals surface area contributed by atoms with Crippen LogP contribution in [0.1, 0.15) is 239 Å². The number of carbonyl (C=O) groups excluding carboxylic acids is 3. The van der Waals surface area contributed by atoms with Crippen molar-refractivity contribution in [3.8, 4) is 0 Å². The van der Waals surface area contributed by atoms with Crippen molar-refractivity contribution in [2.24, 2.45) is 0 Å². The molecule has 0 rings (SSSR count). The highest BCUT2D eigenvalue weighted by molar-refractivity contribution is 5.71. The van der Waals surface area contributed by atoms with Crippen LogP contribution in [0.2, 0.25) is 0 Å². The van der Waals surface area contributed by atoms with E-state index in [1.807, 2.05) is 0 Å². The van der Waals surface area contributed by atoms with Crippen molar-refractivity contribution in [2.75, 3.05) is 13.2 Å². The normalized spacial score (nSPS) is 13.1. The topological polar surface area (TPSA) is 78.9 Å². The smallest absolute Gasteiger partial charge is 0.306 e. The molecule has 0 spiro atoms. The van der Waals surface area contributed by atoms with Gasteiger partial charge in [-0.25, -0.2) is 0 Å². The summed E-state index contributed by atoms with van der Waals surface area (Å²) in [5, 5.41) is 0. The van der Waals surface area contributed by atoms with Gasteiger partial charge in [0.15, 0.2) is 6.10 Å². The maximum absolute atomic E-state index is 12.8. The molecule has 71 heavy (non-hydrogen) atoms. The van der Waals surface area contributed by atoms with E-state index in [2.05, 4.69) is 154 Å². The van der Waals surface area contributed by atoms with E-state index in [-0.39, 0.29) is 44.0 Å². The van der Waals surface area contributed by atoms with Gasteiger partial charge in [0, 0.05) is 19.3 Å². The second-order valence-electron chi connectivity index (χ2n) is 18.4. The third-order valence-corrected chi connectivity index (χ3v) is 11.6. The van der Waals surface area contributed by atoms with Gasteiger partial charge in [0.1, 0.15) is 13.2 Å². The molecule has 0 aromatic carbocycles. The molecule has 0 heterocycles. The molecule has 0 radical (unpaired) electrons. The largest absolute Gasteiger partial charge is 0.462 e. The molecule has 0 aromatic rings. The molecule has 0 bridgehead atoms. The zero-order valence-electron chi connectivity index (χ0n) is 45.7. The molecule has 0 aromatic heterocycles. The van der Waals surface area contributed by atoms with Crippen molar-refractivity contribution in [1.29, 1.82) is 0 Å². The molecule has 0 saturated heterocycles. The summed E-state index contributed by atoms with van der Waals surface area (Å²) in [4.78, 5) is 38.1. The quantitative estimate of drug-likeness (QED) is 0.0262. The van der Waals surface area contributed by atoms with E-state index in [0.717, 1.165) is 103 Å². The summed E-state index contributed by atoms with van der Waals surface area (Å²) in [6.07, 6.45) is 81.7. The Morgan fingerprint density at radius 1 is 0.296 bits per heavy atom. The molecule has 6 nitrogen and oxygen atoms in total. The van der Waals surface area contributed by atoms with Crippen molar-refractivity contribution < 1.29 is 28.6 Å². The number of ether oxygens (including phenoxy) is 3. The number of unbranched alkanes of at least 4 members (excludes halogenated alkanes) is 17. The molecule has 0 N–H and O–H groups in total. The van der Waals surface area contributed by atoms with Crippen LogP contribution in [0.15, 0.2) is 134 Å². The van der Waals surface area contributed by atoms with Crippen molar-refractivity contribution in [1.82, 2.24) is 0 Å². The predicted molar refractivity (Wildman–Crippen MR) is 306 cm³/mol. The molecule has 0 amide bonds. The molecule has 0 aliphatic rings. The van der Waals surface area contributed by atoms with Crippen LogP contribution >= 0.6 is 0 Å². The number of carbonyl (C=O) groups is 3. The summed E-state index contributed by atoms with van der Waals surface area (Å²) in [6, 6.07) is 0. The Bertz CT molecular complexity index is 1550. The molecule has 6 heteroatoms. The zero-order chi connectivity index (χ0) is 51.4. The lowest BCUT2D eigenvalue weighted by molar-refractivity contribution is -0.167. The number of allylic oxidation sites excluding steroid dienone is 22. The van der Waals surface area contributed by atoms with Crippen LogP contribution in [-0.4, -0.2) is 37.2 Å². The Kier molecular flexibility index (Phi) is 54.5. The SMILES string of the molecule is CC/C=C\C/C=C\C/C=C\C/C=C\C/C=C\CCCC(=O)OC(COC(=O)CCCC/C=C\C/C=C\C/C=C\C/C=C\CC)COC(=O)CCCCCCCCCCC/C=C\C/C=C\CCCCCCC. The van der Waals surface area contributed by atoms with E-state index >= 15 is 0 Å². The highest BCUT2D eigenvalue weighted by Crippen LogP contribution is 2.13. The van der Waals surface area contributed by atoms with E-state index in [9.17, 15) is 14.4 Å². The van der Waals surface area contributed by atoms with Gasteiger partial charge < -0.3 is 14.2 Å². The Balaban J connectivity index is 4.52. The molecule has 0 fully saturated rings. The fourth-order valence-corrected chi connectivity index (χ4v) is 7.38. The lowest BCUT2D eigenvalue weighted by atomic mass is 10.1. The minimum atomic E-state index is -0.832. The minimum Gasteiger partial charge on any atom is -0.462 e. The average molecular weight is 982 g/mol. The molecule has 0 aliphatic carbocycles. The summed E-state index contributed by atoms with van der Waals surface area (Å²) in [5.41, 5.74) is 0. The highest BCUT2D eigenvalue weighted by atomic mass is 16.6. The van der Waals surface area contributed by atoms with E-state index < -0.39 is 6.10 Å². The Labute approximate surface area is 436 Å². The summed E-state index contributed by atoms with van der Waals surface area (Å²) >= 11 is 0. The van der Waals surface area contributed by atoms with Crippen LogP contribution in [-0.2, 0) is 28.6 Å². The Hall–Kier alpha value is -4.45. The molecular formula is C65H104O6. The maximum atomic E-state index is 12.8. The number of esters is 3. The summed E-state index contributed by atoms with van der Waals surface area (Å²) in [7, 11) is 0. The molecule has 0 aliphatic heterocycles. The molecule has 1 atom stereocenters. The van der Waals surface area contributed by atoms with Gasteiger partial charge in [0.2, 0.25) is 0 Å². The molecule has 400 valence electrons. The van der Waals surface area contributed by atoms with Gasteiger partial charge in [-0.15, -0.1) is 0 Å². The number of rotatable bonds is 50. The van der Waals surface area contributed by atoms with Crippen LogP contribution in [0.4, 0.5) is 0 Å². The van der Waals surface area contributed by atoms with Gasteiger partial charge >= 0.3 is 17.9 Å². The van der Waals surface area contributed by atoms with Gasteiger partial charge in [-0.05, 0) is 128 Å². The molecule has 1 unspecified atom stereocenters. The summed E-state index contributed by atoms with van der Waals surface area (Å²) in [6.45, 7) is 6.31. The maximum Gasteiger partial charge on any atom is 0.306 e. The first-order chi connectivity index (χ1) is 35.0. The lowest BCUT2D eigenvalue weighted by Gasteiger charge is -2.18. The molecule has 0 saturated carbocycles. The first-order valence-electron chi connectivity index (χ1n) is 28.7. The van der Waals surface area contributed by atoms with Crippen LogP contribution < -0.4 is 0 Å². The monoisotopic (exact) mass is 981 g/mol. The van der Waals surface area contributed by atoms with E-state index in [4.69, 9.17) is 14.2 Å². The van der Waals surface area contributed by atoms with Crippen LogP contribution in [0.25, 0.3) is 0 Å².